The molecule has 0 aliphatic heterocycles. The van der Waals surface area contributed by atoms with Gasteiger partial charge in [0.2, 0.25) is 0 Å². The third-order valence-electron chi connectivity index (χ3n) is 1.50. The van der Waals surface area contributed by atoms with E-state index in [4.69, 9.17) is 28.4 Å². The molecular weight excluding hydrogens is 220 g/mol. The van der Waals surface area contributed by atoms with Crippen molar-refractivity contribution in [2.45, 2.75) is 6.92 Å². The third kappa shape index (κ3) is 2.21. The summed E-state index contributed by atoms with van der Waals surface area (Å²) in [4.78, 5) is 12.2. The number of esters is 1. The Bertz CT molecular complexity index is 373. The quantitative estimate of drug-likeness (QED) is 0.601. The second-order valence-electron chi connectivity index (χ2n) is 2.47. The van der Waals surface area contributed by atoms with Crippen LogP contribution in [0, 0.1) is 0 Å². The van der Waals surface area contributed by atoms with Crippen molar-refractivity contribution >= 4 is 39.5 Å². The molecule has 0 spiro atoms. The molecule has 4 N–H and O–H groups in total. The first kappa shape index (κ1) is 10.9. The summed E-state index contributed by atoms with van der Waals surface area (Å²) in [5.41, 5.74) is 11.4. The summed E-state index contributed by atoms with van der Waals surface area (Å²) in [7, 11) is 0. The Balaban J connectivity index is 2.98. The molecule has 0 aliphatic carbocycles. The smallest absolute Gasteiger partial charge is 0.341 e. The van der Waals surface area contributed by atoms with Crippen LogP contribution in [-0.4, -0.2) is 17.6 Å². The molecule has 4 nitrogen and oxygen atoms in total. The first-order chi connectivity index (χ1) is 6.56. The van der Waals surface area contributed by atoms with E-state index >= 15 is 0 Å². The molecule has 14 heavy (non-hydrogen) atoms. The van der Waals surface area contributed by atoms with E-state index in [-0.39, 0.29) is 4.99 Å². The summed E-state index contributed by atoms with van der Waals surface area (Å²) in [6.45, 7) is 2.05. The number of ether oxygens (including phenoxy) is 1. The molecule has 0 radical (unpaired) electrons. The fraction of sp³-hybridized carbons (Fsp3) is 0.250. The minimum Gasteiger partial charge on any atom is -0.462 e. The lowest BCUT2D eigenvalue weighted by Gasteiger charge is -1.98. The van der Waals surface area contributed by atoms with E-state index in [2.05, 4.69) is 0 Å². The van der Waals surface area contributed by atoms with Gasteiger partial charge in [0.1, 0.15) is 9.99 Å². The monoisotopic (exact) mass is 230 g/mol. The van der Waals surface area contributed by atoms with Gasteiger partial charge in [-0.2, -0.15) is 0 Å². The maximum Gasteiger partial charge on any atom is 0.341 e. The van der Waals surface area contributed by atoms with Crippen LogP contribution < -0.4 is 11.5 Å². The van der Waals surface area contributed by atoms with Gasteiger partial charge in [-0.3, -0.25) is 0 Å². The lowest BCUT2D eigenvalue weighted by molar-refractivity contribution is 0.0528. The second-order valence-corrected chi connectivity index (χ2v) is 4.00. The van der Waals surface area contributed by atoms with Gasteiger partial charge >= 0.3 is 5.97 Å². The fourth-order valence-electron chi connectivity index (χ4n) is 0.895. The highest BCUT2D eigenvalue weighted by atomic mass is 32.1. The van der Waals surface area contributed by atoms with E-state index < -0.39 is 5.97 Å². The molecule has 1 heterocycles. The van der Waals surface area contributed by atoms with E-state index in [1.165, 1.54) is 11.3 Å². The van der Waals surface area contributed by atoms with E-state index in [9.17, 15) is 4.79 Å². The molecule has 1 rings (SSSR count). The molecule has 0 aliphatic rings. The SMILES string of the molecule is CCOC(=O)c1cc(C(N)=S)sc1N. The molecule has 6 heteroatoms. The van der Waals surface area contributed by atoms with Crippen molar-refractivity contribution in [3.05, 3.63) is 16.5 Å². The van der Waals surface area contributed by atoms with Crippen molar-refractivity contribution < 1.29 is 9.53 Å². The van der Waals surface area contributed by atoms with Crippen LogP contribution in [0.2, 0.25) is 0 Å². The molecule has 76 valence electrons. The van der Waals surface area contributed by atoms with E-state index in [1.54, 1.807) is 13.0 Å². The molecule has 0 aromatic carbocycles. The van der Waals surface area contributed by atoms with Gasteiger partial charge < -0.3 is 16.2 Å². The van der Waals surface area contributed by atoms with Crippen LogP contribution in [0.4, 0.5) is 5.00 Å². The molecule has 0 bridgehead atoms. The number of nitrogen functional groups attached to an aromatic ring is 1. The van der Waals surface area contributed by atoms with Crippen molar-refractivity contribution in [1.29, 1.82) is 0 Å². The van der Waals surface area contributed by atoms with E-state index in [0.29, 0.717) is 22.0 Å². The highest BCUT2D eigenvalue weighted by Crippen LogP contribution is 2.25. The van der Waals surface area contributed by atoms with Crippen LogP contribution >= 0.6 is 23.6 Å². The highest BCUT2D eigenvalue weighted by Gasteiger charge is 2.15. The summed E-state index contributed by atoms with van der Waals surface area (Å²) in [6, 6.07) is 1.56. The van der Waals surface area contributed by atoms with Gasteiger partial charge in [0.25, 0.3) is 0 Å². The van der Waals surface area contributed by atoms with Crippen molar-refractivity contribution in [3.8, 4) is 0 Å². The number of nitrogens with two attached hydrogens (primary N) is 2. The Kier molecular flexibility index (Phi) is 3.43. The minimum absolute atomic E-state index is 0.234. The van der Waals surface area contributed by atoms with Crippen LogP contribution in [0.25, 0.3) is 0 Å². The highest BCUT2D eigenvalue weighted by molar-refractivity contribution is 7.81. The minimum atomic E-state index is -0.441. The van der Waals surface area contributed by atoms with Crippen molar-refractivity contribution in [1.82, 2.24) is 0 Å². The summed E-state index contributed by atoms with van der Waals surface area (Å²) < 4.78 is 4.81. The predicted molar refractivity (Wildman–Crippen MR) is 60.6 cm³/mol. The molecule has 1 aromatic heterocycles. The molecule has 0 atom stereocenters. The predicted octanol–water partition coefficient (Wildman–Crippen LogP) is 1.14. The Morgan fingerprint density at radius 3 is 2.79 bits per heavy atom. The molecule has 0 saturated carbocycles. The zero-order chi connectivity index (χ0) is 10.7. The molecule has 0 unspecified atom stereocenters. The summed E-state index contributed by atoms with van der Waals surface area (Å²) in [6.07, 6.45) is 0. The van der Waals surface area contributed by atoms with Gasteiger partial charge in [0.05, 0.1) is 17.0 Å². The van der Waals surface area contributed by atoms with Gasteiger partial charge in [0, 0.05) is 0 Å². The number of carbonyl (C=O) groups excluding carboxylic acids is 1. The van der Waals surface area contributed by atoms with Gasteiger partial charge in [-0.1, -0.05) is 12.2 Å². The first-order valence-electron chi connectivity index (χ1n) is 3.92. The van der Waals surface area contributed by atoms with Gasteiger partial charge in [-0.15, -0.1) is 11.3 Å². The number of carbonyl (C=O) groups is 1. The van der Waals surface area contributed by atoms with Crippen molar-refractivity contribution in [2.24, 2.45) is 5.73 Å². The Hall–Kier alpha value is -1.14. The van der Waals surface area contributed by atoms with Crippen LogP contribution in [0.1, 0.15) is 22.2 Å². The number of thiophene rings is 1. The number of rotatable bonds is 3. The largest absolute Gasteiger partial charge is 0.462 e. The van der Waals surface area contributed by atoms with E-state index in [1.807, 2.05) is 0 Å². The number of hydrogen-bond acceptors (Lipinski definition) is 5. The normalized spacial score (nSPS) is 9.79. The van der Waals surface area contributed by atoms with Crippen LogP contribution in [0.5, 0.6) is 0 Å². The average molecular weight is 230 g/mol. The zero-order valence-electron chi connectivity index (χ0n) is 7.57. The number of anilines is 1. The van der Waals surface area contributed by atoms with Crippen molar-refractivity contribution in [2.75, 3.05) is 12.3 Å². The van der Waals surface area contributed by atoms with Gasteiger partial charge in [-0.05, 0) is 13.0 Å². The fourth-order valence-corrected chi connectivity index (χ4v) is 1.85. The van der Waals surface area contributed by atoms with Crippen LogP contribution in [-0.2, 0) is 4.74 Å². The second kappa shape index (κ2) is 4.39. The molecular formula is C8H10N2O2S2. The molecule has 1 aromatic rings. The van der Waals surface area contributed by atoms with Crippen molar-refractivity contribution in [3.63, 3.8) is 0 Å². The Labute approximate surface area is 90.8 Å². The summed E-state index contributed by atoms with van der Waals surface area (Å²) in [5.74, 6) is -0.441. The lowest BCUT2D eigenvalue weighted by atomic mass is 10.3. The van der Waals surface area contributed by atoms with E-state index in [0.717, 1.165) is 0 Å². The maximum absolute atomic E-state index is 11.3. The topological polar surface area (TPSA) is 78.3 Å². The molecule has 0 amide bonds. The van der Waals surface area contributed by atoms with Gasteiger partial charge in [0.15, 0.2) is 0 Å². The molecule has 0 fully saturated rings. The van der Waals surface area contributed by atoms with Crippen LogP contribution in [0.3, 0.4) is 0 Å². The number of hydrogen-bond donors (Lipinski definition) is 2. The standard InChI is InChI=1S/C8H10N2O2S2/c1-2-12-8(11)4-3-5(6(9)13)14-7(4)10/h3H,2,10H2,1H3,(H2,9,13). The Morgan fingerprint density at radius 2 is 2.36 bits per heavy atom. The zero-order valence-corrected chi connectivity index (χ0v) is 9.21. The number of thiocarbonyl (C=S) groups is 1. The van der Waals surface area contributed by atoms with Crippen LogP contribution in [0.15, 0.2) is 6.07 Å². The molecule has 0 saturated heterocycles. The van der Waals surface area contributed by atoms with Gasteiger partial charge in [-0.25, -0.2) is 4.79 Å². The first-order valence-corrected chi connectivity index (χ1v) is 5.15. The summed E-state index contributed by atoms with van der Waals surface area (Å²) in [5, 5.41) is 0.381. The Morgan fingerprint density at radius 1 is 1.71 bits per heavy atom. The third-order valence-corrected chi connectivity index (χ3v) is 2.85. The lowest BCUT2D eigenvalue weighted by Crippen LogP contribution is -2.08. The summed E-state index contributed by atoms with van der Waals surface area (Å²) >= 11 is 5.95. The maximum atomic E-state index is 11.3. The average Bonchev–Trinajstić information content (AvgIpc) is 2.48.